The molecule has 0 N–H and O–H groups in total. The van der Waals surface area contributed by atoms with E-state index in [0.29, 0.717) is 38.6 Å². The number of hydrogen-bond acceptors (Lipinski definition) is 4. The fraction of sp³-hybridized carbons (Fsp3) is 0.800. The summed E-state index contributed by atoms with van der Waals surface area (Å²) < 4.78 is 33.4. The molecule has 32 heavy (non-hydrogen) atoms. The molecule has 1 heterocycles. The Morgan fingerprint density at radius 3 is 2.38 bits per heavy atom. The molecule has 1 atom stereocenters. The summed E-state index contributed by atoms with van der Waals surface area (Å²) in [6.45, 7) is 8.05. The molecule has 1 aliphatic rings. The molecule has 0 aliphatic carbocycles. The normalized spacial score (nSPS) is 17.4. The summed E-state index contributed by atoms with van der Waals surface area (Å²) in [7, 11) is 0. The molecule has 1 saturated heterocycles. The summed E-state index contributed by atoms with van der Waals surface area (Å²) >= 11 is 0. The van der Waals surface area contributed by atoms with Gasteiger partial charge in [-0.2, -0.15) is 8.78 Å². The predicted octanol–water partition coefficient (Wildman–Crippen LogP) is 6.00. The van der Waals surface area contributed by atoms with E-state index in [0.717, 1.165) is 44.6 Å². The van der Waals surface area contributed by atoms with Crippen LogP contribution in [0, 0.1) is 0 Å². The lowest BCUT2D eigenvalue weighted by atomic mass is 10.0. The summed E-state index contributed by atoms with van der Waals surface area (Å²) in [6, 6.07) is -0.302. The minimum absolute atomic E-state index is 0.00724. The van der Waals surface area contributed by atoms with Crippen LogP contribution in [0.5, 0.6) is 0 Å². The number of esters is 1. The van der Waals surface area contributed by atoms with Crippen molar-refractivity contribution in [3.05, 3.63) is 12.2 Å². The van der Waals surface area contributed by atoms with Gasteiger partial charge in [0.2, 0.25) is 11.7 Å². The van der Waals surface area contributed by atoms with Gasteiger partial charge in [-0.15, -0.1) is 0 Å². The van der Waals surface area contributed by atoms with Gasteiger partial charge in [0.05, 0.1) is 6.04 Å². The second-order valence-corrected chi connectivity index (χ2v) is 9.68. The maximum Gasteiger partial charge on any atom is 0.309 e. The summed E-state index contributed by atoms with van der Waals surface area (Å²) in [5, 5.41) is 0. The molecule has 0 saturated carbocycles. The number of halogens is 2. The van der Waals surface area contributed by atoms with Crippen molar-refractivity contribution < 1.29 is 27.9 Å². The Morgan fingerprint density at radius 2 is 1.72 bits per heavy atom. The number of nitrogens with zero attached hydrogens (tertiary/aromatic N) is 1. The van der Waals surface area contributed by atoms with E-state index in [4.69, 9.17) is 4.74 Å². The van der Waals surface area contributed by atoms with Crippen molar-refractivity contribution in [1.29, 1.82) is 0 Å². The summed E-state index contributed by atoms with van der Waals surface area (Å²) in [5.41, 5.74) is -0.476. The van der Waals surface area contributed by atoms with Crippen LogP contribution >= 0.6 is 0 Å². The van der Waals surface area contributed by atoms with Gasteiger partial charge >= 0.3 is 11.9 Å². The first-order chi connectivity index (χ1) is 15.0. The standard InChI is InChI=1S/C25H41F2NO4/c1-5-6-7-11-18-25(26,27)21(29)16-14-20-15-17-22(30)28(20)19-12-9-8-10-13-23(31)32-24(2,3)4/h14,16,20H,5-13,15,17-19H2,1-4H3/b16-14+. The number of unbranched alkanes of at least 4 members (excludes halogenated alkanes) is 6. The fourth-order valence-electron chi connectivity index (χ4n) is 3.76. The minimum atomic E-state index is -3.34. The molecular weight excluding hydrogens is 416 g/mol. The molecule has 1 amide bonds. The lowest BCUT2D eigenvalue weighted by Gasteiger charge is -2.22. The number of likely N-dealkylation sites (tertiary alicyclic amines) is 1. The highest BCUT2D eigenvalue weighted by Crippen LogP contribution is 2.25. The van der Waals surface area contributed by atoms with E-state index in [1.807, 2.05) is 27.7 Å². The van der Waals surface area contributed by atoms with Gasteiger partial charge in [0, 0.05) is 25.8 Å². The Hall–Kier alpha value is -1.79. The van der Waals surface area contributed by atoms with Crippen molar-refractivity contribution in [2.75, 3.05) is 6.54 Å². The molecule has 1 rings (SSSR count). The third kappa shape index (κ3) is 11.2. The molecule has 0 aromatic rings. The van der Waals surface area contributed by atoms with Crippen molar-refractivity contribution in [2.45, 2.75) is 122 Å². The first-order valence-electron chi connectivity index (χ1n) is 12.1. The highest BCUT2D eigenvalue weighted by atomic mass is 19.3. The van der Waals surface area contributed by atoms with E-state index in [-0.39, 0.29) is 17.9 Å². The van der Waals surface area contributed by atoms with Crippen molar-refractivity contribution in [3.8, 4) is 0 Å². The van der Waals surface area contributed by atoms with Crippen LogP contribution in [0.3, 0.4) is 0 Å². The summed E-state index contributed by atoms with van der Waals surface area (Å²) in [6.07, 6.45) is 9.39. The van der Waals surface area contributed by atoms with Gasteiger partial charge in [-0.25, -0.2) is 0 Å². The molecular formula is C25H41F2NO4. The summed E-state index contributed by atoms with van der Waals surface area (Å²) in [5.74, 6) is -4.72. The number of alkyl halides is 2. The quantitative estimate of drug-likeness (QED) is 0.172. The second-order valence-electron chi connectivity index (χ2n) is 9.68. The average molecular weight is 458 g/mol. The van der Waals surface area contributed by atoms with E-state index in [1.54, 1.807) is 4.90 Å². The van der Waals surface area contributed by atoms with E-state index in [9.17, 15) is 23.2 Å². The maximum absolute atomic E-state index is 14.0. The maximum atomic E-state index is 14.0. The molecule has 0 aromatic heterocycles. The Morgan fingerprint density at radius 1 is 1.06 bits per heavy atom. The Labute approximate surface area is 191 Å². The highest BCUT2D eigenvalue weighted by Gasteiger charge is 2.36. The fourth-order valence-corrected chi connectivity index (χ4v) is 3.76. The number of allylic oxidation sites excluding steroid dienone is 1. The van der Waals surface area contributed by atoms with E-state index in [2.05, 4.69) is 0 Å². The zero-order chi connectivity index (χ0) is 24.2. The van der Waals surface area contributed by atoms with Crippen LogP contribution in [0.15, 0.2) is 12.2 Å². The lowest BCUT2D eigenvalue weighted by molar-refractivity contribution is -0.155. The van der Waals surface area contributed by atoms with E-state index < -0.39 is 23.7 Å². The molecule has 1 aliphatic heterocycles. The molecule has 0 radical (unpaired) electrons. The van der Waals surface area contributed by atoms with Crippen molar-refractivity contribution in [1.82, 2.24) is 4.90 Å². The number of rotatable bonds is 15. The average Bonchev–Trinajstić information content (AvgIpc) is 3.04. The Balaban J connectivity index is 2.38. The van der Waals surface area contributed by atoms with Crippen LogP contribution in [-0.4, -0.2) is 46.7 Å². The predicted molar refractivity (Wildman–Crippen MR) is 122 cm³/mol. The van der Waals surface area contributed by atoms with Gasteiger partial charge in [-0.3, -0.25) is 14.4 Å². The number of amides is 1. The Bertz CT molecular complexity index is 640. The molecule has 5 nitrogen and oxygen atoms in total. The van der Waals surface area contributed by atoms with Crippen LogP contribution in [-0.2, 0) is 19.1 Å². The molecule has 0 spiro atoms. The lowest BCUT2D eigenvalue weighted by Crippen LogP contribution is -2.33. The van der Waals surface area contributed by atoms with Gasteiger partial charge in [0.15, 0.2) is 0 Å². The first-order valence-corrected chi connectivity index (χ1v) is 12.1. The molecule has 7 heteroatoms. The van der Waals surface area contributed by atoms with Crippen LogP contribution in [0.4, 0.5) is 8.78 Å². The number of hydrogen-bond donors (Lipinski definition) is 0. The number of ketones is 1. The van der Waals surface area contributed by atoms with Gasteiger partial charge in [0.1, 0.15) is 5.60 Å². The Kier molecular flexibility index (Phi) is 12.1. The molecule has 1 unspecified atom stereocenters. The molecule has 184 valence electrons. The molecule has 0 aromatic carbocycles. The zero-order valence-corrected chi connectivity index (χ0v) is 20.3. The second kappa shape index (κ2) is 13.7. The van der Waals surface area contributed by atoms with Crippen LogP contribution in [0.25, 0.3) is 0 Å². The largest absolute Gasteiger partial charge is 0.460 e. The third-order valence-corrected chi connectivity index (χ3v) is 5.50. The zero-order valence-electron chi connectivity index (χ0n) is 20.3. The van der Waals surface area contributed by atoms with Gasteiger partial charge in [-0.1, -0.05) is 45.1 Å². The van der Waals surface area contributed by atoms with Crippen LogP contribution in [0.1, 0.15) is 105 Å². The van der Waals surface area contributed by atoms with Crippen molar-refractivity contribution >= 4 is 17.7 Å². The SMILES string of the molecule is CCCCCCC(F)(F)C(=O)/C=C/C1CCC(=O)N1CCCCCCC(=O)OC(C)(C)C. The van der Waals surface area contributed by atoms with Gasteiger partial charge in [-0.05, 0) is 52.5 Å². The first kappa shape index (κ1) is 28.2. The minimum Gasteiger partial charge on any atom is -0.460 e. The number of ether oxygens (including phenoxy) is 1. The molecule has 1 fully saturated rings. The topological polar surface area (TPSA) is 63.7 Å². The monoisotopic (exact) mass is 457 g/mol. The van der Waals surface area contributed by atoms with Crippen LogP contribution in [0.2, 0.25) is 0 Å². The van der Waals surface area contributed by atoms with Gasteiger partial charge < -0.3 is 9.64 Å². The van der Waals surface area contributed by atoms with Crippen molar-refractivity contribution in [3.63, 3.8) is 0 Å². The number of carbonyl (C=O) groups excluding carboxylic acids is 3. The number of carbonyl (C=O) groups is 3. The highest BCUT2D eigenvalue weighted by molar-refractivity contribution is 5.95. The summed E-state index contributed by atoms with van der Waals surface area (Å²) in [4.78, 5) is 37.5. The van der Waals surface area contributed by atoms with E-state index in [1.165, 1.54) is 6.08 Å². The smallest absolute Gasteiger partial charge is 0.309 e. The third-order valence-electron chi connectivity index (χ3n) is 5.50. The van der Waals surface area contributed by atoms with Gasteiger partial charge in [0.25, 0.3) is 0 Å². The van der Waals surface area contributed by atoms with E-state index >= 15 is 0 Å². The van der Waals surface area contributed by atoms with Crippen molar-refractivity contribution in [2.24, 2.45) is 0 Å². The molecule has 0 bridgehead atoms. The van der Waals surface area contributed by atoms with Crippen LogP contribution < -0.4 is 0 Å².